The zero-order valence-corrected chi connectivity index (χ0v) is 8.48. The number of alkyl halides is 3. The van der Waals surface area contributed by atoms with Gasteiger partial charge in [0.1, 0.15) is 5.75 Å². The molecule has 1 aromatic carbocycles. The van der Waals surface area contributed by atoms with Gasteiger partial charge in [-0.2, -0.15) is 13.2 Å². The van der Waals surface area contributed by atoms with Crippen molar-refractivity contribution in [3.8, 4) is 5.75 Å². The highest BCUT2D eigenvalue weighted by molar-refractivity contribution is 5.50. The Labute approximate surface area is 86.1 Å². The molecule has 0 spiro atoms. The zero-order chi connectivity index (χ0) is 11.5. The van der Waals surface area contributed by atoms with Crippen LogP contribution in [-0.4, -0.2) is 19.8 Å². The third kappa shape index (κ3) is 3.69. The molecule has 0 aliphatic heterocycles. The minimum Gasteiger partial charge on any atom is -0.484 e. The molecule has 2 nitrogen and oxygen atoms in total. The smallest absolute Gasteiger partial charge is 0.422 e. The topological polar surface area (TPSA) is 21.3 Å². The molecule has 0 saturated carbocycles. The lowest BCUT2D eigenvalue weighted by Crippen LogP contribution is -2.19. The van der Waals surface area contributed by atoms with Gasteiger partial charge in [0.2, 0.25) is 0 Å². The van der Waals surface area contributed by atoms with Crippen LogP contribution in [0.4, 0.5) is 18.9 Å². The third-order valence-electron chi connectivity index (χ3n) is 1.85. The summed E-state index contributed by atoms with van der Waals surface area (Å²) >= 11 is 0. The van der Waals surface area contributed by atoms with E-state index in [-0.39, 0.29) is 5.75 Å². The molecule has 0 aromatic heterocycles. The molecular formula is C10H12F3NO. The van der Waals surface area contributed by atoms with E-state index in [1.54, 1.807) is 26.1 Å². The van der Waals surface area contributed by atoms with Crippen molar-refractivity contribution in [3.63, 3.8) is 0 Å². The third-order valence-corrected chi connectivity index (χ3v) is 1.85. The molecule has 0 fully saturated rings. The van der Waals surface area contributed by atoms with Crippen LogP contribution in [0, 0.1) is 6.92 Å². The van der Waals surface area contributed by atoms with Crippen molar-refractivity contribution >= 4 is 5.69 Å². The van der Waals surface area contributed by atoms with Gasteiger partial charge in [0, 0.05) is 12.7 Å². The van der Waals surface area contributed by atoms with Gasteiger partial charge in [-0.3, -0.25) is 0 Å². The van der Waals surface area contributed by atoms with Crippen molar-refractivity contribution in [1.82, 2.24) is 0 Å². The van der Waals surface area contributed by atoms with Gasteiger partial charge in [-0.1, -0.05) is 0 Å². The maximum absolute atomic E-state index is 11.9. The molecular weight excluding hydrogens is 207 g/mol. The minimum absolute atomic E-state index is 0.256. The number of anilines is 1. The van der Waals surface area contributed by atoms with Crippen LogP contribution in [0.3, 0.4) is 0 Å². The van der Waals surface area contributed by atoms with E-state index in [2.05, 4.69) is 10.1 Å². The number of benzene rings is 1. The normalized spacial score (nSPS) is 11.3. The molecule has 0 bridgehead atoms. The second kappa shape index (κ2) is 4.42. The first-order chi connectivity index (χ1) is 6.92. The van der Waals surface area contributed by atoms with E-state index in [1.807, 2.05) is 0 Å². The van der Waals surface area contributed by atoms with E-state index in [9.17, 15) is 13.2 Å². The molecule has 0 saturated heterocycles. The first kappa shape index (κ1) is 11.7. The maximum atomic E-state index is 11.9. The fraction of sp³-hybridized carbons (Fsp3) is 0.400. The van der Waals surface area contributed by atoms with Crippen molar-refractivity contribution in [2.24, 2.45) is 0 Å². The molecule has 5 heteroatoms. The van der Waals surface area contributed by atoms with Crippen molar-refractivity contribution < 1.29 is 17.9 Å². The molecule has 0 aliphatic carbocycles. The van der Waals surface area contributed by atoms with E-state index in [0.717, 1.165) is 5.69 Å². The number of hydrogen-bond acceptors (Lipinski definition) is 2. The number of aryl methyl sites for hydroxylation is 1. The number of rotatable bonds is 3. The highest BCUT2D eigenvalue weighted by Crippen LogP contribution is 2.24. The highest BCUT2D eigenvalue weighted by Gasteiger charge is 2.28. The average molecular weight is 219 g/mol. The number of nitrogens with one attached hydrogen (secondary N) is 1. The Balaban J connectivity index is 2.70. The van der Waals surface area contributed by atoms with Crippen LogP contribution in [0.15, 0.2) is 18.2 Å². The quantitative estimate of drug-likeness (QED) is 0.843. The van der Waals surface area contributed by atoms with Gasteiger partial charge in [-0.25, -0.2) is 0 Å². The summed E-state index contributed by atoms with van der Waals surface area (Å²) in [5, 5.41) is 2.89. The SMILES string of the molecule is CNc1ccc(OCC(F)(F)F)c(C)c1. The summed E-state index contributed by atoms with van der Waals surface area (Å²) in [6, 6.07) is 4.91. The van der Waals surface area contributed by atoms with Crippen molar-refractivity contribution in [1.29, 1.82) is 0 Å². The molecule has 0 heterocycles. The van der Waals surface area contributed by atoms with Gasteiger partial charge < -0.3 is 10.1 Å². The molecule has 1 N–H and O–H groups in total. The van der Waals surface area contributed by atoms with E-state index in [4.69, 9.17) is 0 Å². The molecule has 15 heavy (non-hydrogen) atoms. The van der Waals surface area contributed by atoms with Gasteiger partial charge in [-0.05, 0) is 30.7 Å². The Bertz CT molecular complexity index is 336. The van der Waals surface area contributed by atoms with Crippen LogP contribution in [0.25, 0.3) is 0 Å². The fourth-order valence-corrected chi connectivity index (χ4v) is 1.13. The predicted octanol–water partition coefficient (Wildman–Crippen LogP) is 2.98. The number of ether oxygens (including phenoxy) is 1. The monoisotopic (exact) mass is 219 g/mol. The van der Waals surface area contributed by atoms with E-state index >= 15 is 0 Å². The van der Waals surface area contributed by atoms with Crippen LogP contribution in [-0.2, 0) is 0 Å². The lowest BCUT2D eigenvalue weighted by Gasteiger charge is -2.12. The molecule has 1 rings (SSSR count). The van der Waals surface area contributed by atoms with Crippen LogP contribution in [0.1, 0.15) is 5.56 Å². The average Bonchev–Trinajstić information content (AvgIpc) is 2.14. The Hall–Kier alpha value is -1.39. The Morgan fingerprint density at radius 1 is 1.33 bits per heavy atom. The lowest BCUT2D eigenvalue weighted by atomic mass is 10.2. The Kier molecular flexibility index (Phi) is 3.44. The predicted molar refractivity (Wildman–Crippen MR) is 52.3 cm³/mol. The van der Waals surface area contributed by atoms with Crippen LogP contribution < -0.4 is 10.1 Å². The second-order valence-electron chi connectivity index (χ2n) is 3.13. The molecule has 0 amide bonds. The molecule has 0 atom stereocenters. The molecule has 0 radical (unpaired) electrons. The first-order valence-corrected chi connectivity index (χ1v) is 4.40. The summed E-state index contributed by atoms with van der Waals surface area (Å²) in [6.45, 7) is 0.444. The summed E-state index contributed by atoms with van der Waals surface area (Å²) in [6.07, 6.45) is -4.30. The number of hydrogen-bond donors (Lipinski definition) is 1. The van der Waals surface area contributed by atoms with E-state index in [1.165, 1.54) is 6.07 Å². The van der Waals surface area contributed by atoms with Gasteiger partial charge in [-0.15, -0.1) is 0 Å². The summed E-state index contributed by atoms with van der Waals surface area (Å²) in [5.41, 5.74) is 1.51. The van der Waals surface area contributed by atoms with Crippen molar-refractivity contribution in [3.05, 3.63) is 23.8 Å². The van der Waals surface area contributed by atoms with Crippen LogP contribution in [0.5, 0.6) is 5.75 Å². The largest absolute Gasteiger partial charge is 0.484 e. The Morgan fingerprint density at radius 3 is 2.47 bits per heavy atom. The van der Waals surface area contributed by atoms with Gasteiger partial charge in [0.05, 0.1) is 0 Å². The highest BCUT2D eigenvalue weighted by atomic mass is 19.4. The van der Waals surface area contributed by atoms with Gasteiger partial charge in [0.25, 0.3) is 0 Å². The standard InChI is InChI=1S/C10H12F3NO/c1-7-5-8(14-2)3-4-9(7)15-6-10(11,12)13/h3-5,14H,6H2,1-2H3. The van der Waals surface area contributed by atoms with Crippen LogP contribution in [0.2, 0.25) is 0 Å². The zero-order valence-electron chi connectivity index (χ0n) is 8.48. The molecule has 0 unspecified atom stereocenters. The van der Waals surface area contributed by atoms with Gasteiger partial charge >= 0.3 is 6.18 Å². The lowest BCUT2D eigenvalue weighted by molar-refractivity contribution is -0.153. The molecule has 84 valence electrons. The summed E-state index contributed by atoms with van der Waals surface area (Å²) in [7, 11) is 1.74. The van der Waals surface area contributed by atoms with Crippen LogP contribution >= 0.6 is 0 Å². The van der Waals surface area contributed by atoms with E-state index < -0.39 is 12.8 Å². The van der Waals surface area contributed by atoms with Gasteiger partial charge in [0.15, 0.2) is 6.61 Å². The second-order valence-corrected chi connectivity index (χ2v) is 3.13. The first-order valence-electron chi connectivity index (χ1n) is 4.40. The fourth-order valence-electron chi connectivity index (χ4n) is 1.13. The summed E-state index contributed by atoms with van der Waals surface area (Å²) in [4.78, 5) is 0. The molecule has 1 aromatic rings. The van der Waals surface area contributed by atoms with Crippen molar-refractivity contribution in [2.45, 2.75) is 13.1 Å². The summed E-state index contributed by atoms with van der Waals surface area (Å²) in [5.74, 6) is 0.256. The summed E-state index contributed by atoms with van der Waals surface area (Å²) < 4.78 is 40.3. The number of halogens is 3. The maximum Gasteiger partial charge on any atom is 0.422 e. The Morgan fingerprint density at radius 2 is 2.00 bits per heavy atom. The molecule has 0 aliphatic rings. The minimum atomic E-state index is -4.30. The van der Waals surface area contributed by atoms with Crippen molar-refractivity contribution in [2.75, 3.05) is 19.0 Å². The van der Waals surface area contributed by atoms with E-state index in [0.29, 0.717) is 5.56 Å².